The van der Waals surface area contributed by atoms with Gasteiger partial charge in [0.15, 0.2) is 17.6 Å². The summed E-state index contributed by atoms with van der Waals surface area (Å²) in [5, 5.41) is 0. The van der Waals surface area contributed by atoms with Crippen molar-refractivity contribution >= 4 is 17.9 Å². The first kappa shape index (κ1) is 13.0. The Kier molecular flexibility index (Phi) is 3.43. The van der Waals surface area contributed by atoms with Crippen LogP contribution in [-0.4, -0.2) is 32.0 Å². The Morgan fingerprint density at radius 1 is 1.58 bits per heavy atom. The van der Waals surface area contributed by atoms with Crippen LogP contribution in [0, 0.1) is 12.3 Å². The van der Waals surface area contributed by atoms with E-state index in [1.165, 1.54) is 12.0 Å². The molecule has 98 valence electrons. The zero-order valence-electron chi connectivity index (χ0n) is 10.7. The van der Waals surface area contributed by atoms with E-state index in [2.05, 4.69) is 5.92 Å². The number of amides is 1. The summed E-state index contributed by atoms with van der Waals surface area (Å²) < 4.78 is 10.7. The molecule has 1 aliphatic rings. The van der Waals surface area contributed by atoms with E-state index >= 15 is 0 Å². The molecule has 5 heteroatoms. The molecule has 0 bridgehead atoms. The zero-order chi connectivity index (χ0) is 14.0. The van der Waals surface area contributed by atoms with Crippen LogP contribution in [-0.2, 0) is 4.79 Å². The quantitative estimate of drug-likeness (QED) is 0.605. The van der Waals surface area contributed by atoms with Crippen molar-refractivity contribution in [3.05, 3.63) is 17.7 Å². The van der Waals surface area contributed by atoms with Crippen molar-refractivity contribution in [2.45, 2.75) is 13.0 Å². The van der Waals surface area contributed by atoms with Crippen molar-refractivity contribution in [1.29, 1.82) is 0 Å². The second kappa shape index (κ2) is 5.02. The molecule has 0 saturated heterocycles. The largest absolute Gasteiger partial charge is 0.493 e. The van der Waals surface area contributed by atoms with Crippen LogP contribution in [0.2, 0.25) is 0 Å². The van der Waals surface area contributed by atoms with E-state index in [0.717, 1.165) is 0 Å². The molecule has 0 N–H and O–H groups in total. The predicted octanol–water partition coefficient (Wildman–Crippen LogP) is 1.25. The highest BCUT2D eigenvalue weighted by atomic mass is 16.5. The number of aldehydes is 1. The lowest BCUT2D eigenvalue weighted by molar-refractivity contribution is -0.125. The number of hydrogen-bond acceptors (Lipinski definition) is 4. The molecule has 0 saturated carbocycles. The van der Waals surface area contributed by atoms with Crippen molar-refractivity contribution in [3.8, 4) is 23.8 Å². The van der Waals surface area contributed by atoms with Crippen molar-refractivity contribution < 1.29 is 19.1 Å². The molecule has 1 amide bonds. The van der Waals surface area contributed by atoms with Gasteiger partial charge in [-0.1, -0.05) is 5.92 Å². The van der Waals surface area contributed by atoms with Crippen LogP contribution in [0.1, 0.15) is 17.3 Å². The molecule has 1 aromatic rings. The number of methoxy groups -OCH3 is 1. The fourth-order valence-corrected chi connectivity index (χ4v) is 1.97. The predicted molar refractivity (Wildman–Crippen MR) is 69.7 cm³/mol. The van der Waals surface area contributed by atoms with Gasteiger partial charge in [0.2, 0.25) is 0 Å². The number of terminal acetylenes is 1. The van der Waals surface area contributed by atoms with Crippen LogP contribution in [0.3, 0.4) is 0 Å². The first-order chi connectivity index (χ1) is 9.12. The van der Waals surface area contributed by atoms with Crippen LogP contribution in [0.15, 0.2) is 12.1 Å². The van der Waals surface area contributed by atoms with E-state index in [0.29, 0.717) is 29.0 Å². The van der Waals surface area contributed by atoms with Gasteiger partial charge in [0.1, 0.15) is 6.29 Å². The Morgan fingerprint density at radius 2 is 2.32 bits per heavy atom. The maximum absolute atomic E-state index is 12.1. The highest BCUT2D eigenvalue weighted by molar-refractivity contribution is 6.01. The number of benzene rings is 1. The minimum Gasteiger partial charge on any atom is -0.493 e. The van der Waals surface area contributed by atoms with Crippen LogP contribution < -0.4 is 14.4 Å². The van der Waals surface area contributed by atoms with Gasteiger partial charge in [0.25, 0.3) is 5.91 Å². The first-order valence-corrected chi connectivity index (χ1v) is 5.71. The standard InChI is InChI=1S/C14H13NO4/c1-4-5-15-11-6-10(8-16)7-12(18-3)13(11)19-9(2)14(15)17/h1,6-9H,5H2,2-3H3. The Morgan fingerprint density at radius 3 is 2.89 bits per heavy atom. The third-order valence-electron chi connectivity index (χ3n) is 2.86. The molecule has 0 aliphatic carbocycles. The average Bonchev–Trinajstić information content (AvgIpc) is 2.43. The van der Waals surface area contributed by atoms with E-state index in [4.69, 9.17) is 15.9 Å². The summed E-state index contributed by atoms with van der Waals surface area (Å²) in [6.45, 7) is 1.76. The van der Waals surface area contributed by atoms with Crippen molar-refractivity contribution in [2.24, 2.45) is 0 Å². The molecule has 5 nitrogen and oxygen atoms in total. The van der Waals surface area contributed by atoms with Crippen molar-refractivity contribution in [2.75, 3.05) is 18.6 Å². The molecule has 1 aliphatic heterocycles. The molecule has 0 spiro atoms. The van der Waals surface area contributed by atoms with Gasteiger partial charge in [-0.15, -0.1) is 6.42 Å². The first-order valence-electron chi connectivity index (χ1n) is 5.71. The number of carbonyl (C=O) groups excluding carboxylic acids is 2. The number of fused-ring (bicyclic) bond motifs is 1. The fourth-order valence-electron chi connectivity index (χ4n) is 1.97. The number of carbonyl (C=O) groups is 2. The number of nitrogens with zero attached hydrogens (tertiary/aromatic N) is 1. The van der Waals surface area contributed by atoms with Gasteiger partial charge >= 0.3 is 0 Å². The minimum atomic E-state index is -0.642. The van der Waals surface area contributed by atoms with E-state index in [1.54, 1.807) is 19.1 Å². The van der Waals surface area contributed by atoms with E-state index < -0.39 is 6.10 Å². The van der Waals surface area contributed by atoms with Gasteiger partial charge in [-0.25, -0.2) is 0 Å². The molecule has 0 fully saturated rings. The lowest BCUT2D eigenvalue weighted by Gasteiger charge is -2.32. The second-order valence-electron chi connectivity index (χ2n) is 4.08. The number of ether oxygens (including phenoxy) is 2. The maximum atomic E-state index is 12.1. The van der Waals surface area contributed by atoms with E-state index in [1.807, 2.05) is 0 Å². The average molecular weight is 259 g/mol. The Balaban J connectivity index is 2.63. The summed E-state index contributed by atoms with van der Waals surface area (Å²) in [7, 11) is 1.47. The Labute approximate surface area is 111 Å². The molecule has 0 aromatic heterocycles. The van der Waals surface area contributed by atoms with E-state index in [9.17, 15) is 9.59 Å². The normalized spacial score (nSPS) is 17.2. The number of rotatable bonds is 3. The van der Waals surface area contributed by atoms with Gasteiger partial charge in [-0.2, -0.15) is 0 Å². The minimum absolute atomic E-state index is 0.116. The van der Waals surface area contributed by atoms with Crippen molar-refractivity contribution in [1.82, 2.24) is 0 Å². The summed E-state index contributed by atoms with van der Waals surface area (Å²) in [5.41, 5.74) is 0.853. The highest BCUT2D eigenvalue weighted by Crippen LogP contribution is 2.42. The summed E-state index contributed by atoms with van der Waals surface area (Å²) in [5.74, 6) is 3.01. The molecule has 1 atom stereocenters. The Bertz CT molecular complexity index is 574. The summed E-state index contributed by atoms with van der Waals surface area (Å²) >= 11 is 0. The molecular formula is C14H13NO4. The molecule has 1 aromatic carbocycles. The van der Waals surface area contributed by atoms with Crippen LogP contribution in [0.25, 0.3) is 0 Å². The van der Waals surface area contributed by atoms with Crippen LogP contribution in [0.4, 0.5) is 5.69 Å². The van der Waals surface area contributed by atoms with Crippen molar-refractivity contribution in [3.63, 3.8) is 0 Å². The summed E-state index contributed by atoms with van der Waals surface area (Å²) in [6.07, 6.45) is 5.32. The number of hydrogen-bond donors (Lipinski definition) is 0. The summed E-state index contributed by atoms with van der Waals surface area (Å²) in [4.78, 5) is 24.4. The van der Waals surface area contributed by atoms with Gasteiger partial charge in [-0.05, 0) is 19.1 Å². The Hall–Kier alpha value is -2.48. The third-order valence-corrected chi connectivity index (χ3v) is 2.86. The van der Waals surface area contributed by atoms with Gasteiger partial charge in [0.05, 0.1) is 19.3 Å². The lowest BCUT2D eigenvalue weighted by atomic mass is 10.1. The molecular weight excluding hydrogens is 246 g/mol. The molecule has 0 radical (unpaired) electrons. The van der Waals surface area contributed by atoms with Gasteiger partial charge in [-0.3, -0.25) is 14.5 Å². The molecule has 19 heavy (non-hydrogen) atoms. The molecule has 1 heterocycles. The fraction of sp³-hybridized carbons (Fsp3) is 0.286. The highest BCUT2D eigenvalue weighted by Gasteiger charge is 2.33. The smallest absolute Gasteiger partial charge is 0.268 e. The van der Waals surface area contributed by atoms with Crippen LogP contribution >= 0.6 is 0 Å². The topological polar surface area (TPSA) is 55.8 Å². The van der Waals surface area contributed by atoms with Gasteiger partial charge in [0, 0.05) is 5.56 Å². The second-order valence-corrected chi connectivity index (χ2v) is 4.08. The summed E-state index contributed by atoms with van der Waals surface area (Å²) in [6, 6.07) is 3.12. The molecule has 2 rings (SSSR count). The lowest BCUT2D eigenvalue weighted by Crippen LogP contribution is -2.44. The SMILES string of the molecule is C#CCN1C(=O)C(C)Oc2c(OC)cc(C=O)cc21. The monoisotopic (exact) mass is 259 g/mol. The van der Waals surface area contributed by atoms with Crippen LogP contribution in [0.5, 0.6) is 11.5 Å². The zero-order valence-corrected chi connectivity index (χ0v) is 10.7. The third kappa shape index (κ3) is 2.13. The number of anilines is 1. The maximum Gasteiger partial charge on any atom is 0.268 e. The van der Waals surface area contributed by atoms with Gasteiger partial charge < -0.3 is 9.47 Å². The molecule has 1 unspecified atom stereocenters. The van der Waals surface area contributed by atoms with E-state index in [-0.39, 0.29) is 12.5 Å².